The lowest BCUT2D eigenvalue weighted by Crippen LogP contribution is -2.39. The number of halogens is 1. The van der Waals surface area contributed by atoms with Crippen LogP contribution >= 0.6 is 15.9 Å². The zero-order chi connectivity index (χ0) is 13.9. The van der Waals surface area contributed by atoms with E-state index < -0.39 is 0 Å². The number of hydrogen-bond acceptors (Lipinski definition) is 3. The molecule has 2 heterocycles. The van der Waals surface area contributed by atoms with E-state index >= 15 is 0 Å². The topological polar surface area (TPSA) is 29.0 Å². The van der Waals surface area contributed by atoms with Crippen LogP contribution in [0.15, 0.2) is 10.7 Å². The van der Waals surface area contributed by atoms with E-state index in [0.717, 1.165) is 42.2 Å². The van der Waals surface area contributed by atoms with E-state index in [-0.39, 0.29) is 0 Å². The van der Waals surface area contributed by atoms with Crippen LogP contribution in [-0.4, -0.2) is 23.1 Å². The van der Waals surface area contributed by atoms with Crippen LogP contribution in [0.25, 0.3) is 0 Å². The van der Waals surface area contributed by atoms with Crippen LogP contribution in [0, 0.1) is 5.41 Å². The molecule has 19 heavy (non-hydrogen) atoms. The summed E-state index contributed by atoms with van der Waals surface area (Å²) in [4.78, 5) is 11.6. The van der Waals surface area contributed by atoms with Gasteiger partial charge in [0.05, 0.1) is 0 Å². The second-order valence-corrected chi connectivity index (χ2v) is 6.68. The molecule has 0 saturated carbocycles. The number of piperidine rings is 1. The van der Waals surface area contributed by atoms with Crippen molar-refractivity contribution in [1.82, 2.24) is 9.97 Å². The molecule has 106 valence electrons. The Morgan fingerprint density at radius 3 is 2.53 bits per heavy atom. The zero-order valence-electron chi connectivity index (χ0n) is 12.2. The van der Waals surface area contributed by atoms with Crippen molar-refractivity contribution in [2.75, 3.05) is 18.0 Å². The van der Waals surface area contributed by atoms with Gasteiger partial charge >= 0.3 is 0 Å². The minimum absolute atomic E-state index is 0.521. The quantitative estimate of drug-likeness (QED) is 0.776. The smallest absolute Gasteiger partial charge is 0.133 e. The molecule has 1 saturated heterocycles. The van der Waals surface area contributed by atoms with E-state index in [0.29, 0.717) is 5.41 Å². The fourth-order valence-corrected chi connectivity index (χ4v) is 2.99. The monoisotopic (exact) mass is 325 g/mol. The molecule has 1 aromatic heterocycles. The molecule has 1 aromatic rings. The first-order valence-corrected chi connectivity index (χ1v) is 8.14. The van der Waals surface area contributed by atoms with Crippen molar-refractivity contribution in [2.45, 2.75) is 52.9 Å². The highest BCUT2D eigenvalue weighted by Crippen LogP contribution is 2.35. The van der Waals surface area contributed by atoms with Gasteiger partial charge in [-0.2, -0.15) is 0 Å². The molecule has 0 amide bonds. The summed E-state index contributed by atoms with van der Waals surface area (Å²) in [6.07, 6.45) is 5.83. The molecule has 0 N–H and O–H groups in total. The third kappa shape index (κ3) is 3.68. The maximum absolute atomic E-state index is 4.71. The van der Waals surface area contributed by atoms with Crippen LogP contribution in [0.4, 0.5) is 5.82 Å². The van der Waals surface area contributed by atoms with Crippen LogP contribution in [0.5, 0.6) is 0 Å². The number of rotatable bonds is 4. The minimum atomic E-state index is 0.521. The predicted octanol–water partition coefficient (Wildman–Crippen LogP) is 4.21. The molecule has 0 bridgehead atoms. The number of aromatic nitrogens is 2. The Hall–Kier alpha value is -0.640. The first kappa shape index (κ1) is 14.8. The van der Waals surface area contributed by atoms with Crippen molar-refractivity contribution in [3.05, 3.63) is 16.5 Å². The first-order chi connectivity index (χ1) is 9.06. The molecule has 1 aliphatic heterocycles. The second-order valence-electron chi connectivity index (χ2n) is 5.87. The van der Waals surface area contributed by atoms with Crippen molar-refractivity contribution >= 4 is 21.7 Å². The Balaban J connectivity index is 2.10. The van der Waals surface area contributed by atoms with Gasteiger partial charge in [0.1, 0.15) is 16.2 Å². The lowest BCUT2D eigenvalue weighted by molar-refractivity contribution is 0.237. The average molecular weight is 326 g/mol. The molecule has 0 spiro atoms. The highest BCUT2D eigenvalue weighted by atomic mass is 79.9. The van der Waals surface area contributed by atoms with Crippen molar-refractivity contribution < 1.29 is 0 Å². The molecular weight excluding hydrogens is 302 g/mol. The summed E-state index contributed by atoms with van der Waals surface area (Å²) >= 11 is 3.51. The van der Waals surface area contributed by atoms with Crippen LogP contribution < -0.4 is 4.90 Å². The van der Waals surface area contributed by atoms with Crippen molar-refractivity contribution in [1.29, 1.82) is 0 Å². The summed E-state index contributed by atoms with van der Waals surface area (Å²) < 4.78 is 0.907. The normalized spacial score (nSPS) is 18.6. The summed E-state index contributed by atoms with van der Waals surface area (Å²) in [6, 6.07) is 2.05. The Morgan fingerprint density at radius 2 is 1.95 bits per heavy atom. The van der Waals surface area contributed by atoms with E-state index in [9.17, 15) is 0 Å². The summed E-state index contributed by atoms with van der Waals surface area (Å²) in [6.45, 7) is 9.09. The zero-order valence-corrected chi connectivity index (χ0v) is 13.8. The fraction of sp³-hybridized carbons (Fsp3) is 0.733. The van der Waals surface area contributed by atoms with Gasteiger partial charge in [-0.05, 0) is 40.6 Å². The fourth-order valence-electron chi connectivity index (χ4n) is 2.58. The number of nitrogens with zero attached hydrogens (tertiary/aromatic N) is 3. The number of hydrogen-bond donors (Lipinski definition) is 0. The summed E-state index contributed by atoms with van der Waals surface area (Å²) in [5, 5.41) is 0. The molecule has 0 radical (unpaired) electrons. The third-order valence-electron chi connectivity index (χ3n) is 4.35. The van der Waals surface area contributed by atoms with Gasteiger partial charge in [-0.15, -0.1) is 0 Å². The molecule has 0 atom stereocenters. The Morgan fingerprint density at radius 1 is 1.26 bits per heavy atom. The third-order valence-corrected chi connectivity index (χ3v) is 4.76. The summed E-state index contributed by atoms with van der Waals surface area (Å²) in [7, 11) is 0. The van der Waals surface area contributed by atoms with E-state index in [1.807, 2.05) is 6.07 Å². The maximum Gasteiger partial charge on any atom is 0.133 e. The predicted molar refractivity (Wildman–Crippen MR) is 83.6 cm³/mol. The van der Waals surface area contributed by atoms with Gasteiger partial charge in [0.25, 0.3) is 0 Å². The van der Waals surface area contributed by atoms with Gasteiger partial charge in [0, 0.05) is 25.6 Å². The second kappa shape index (κ2) is 6.21. The van der Waals surface area contributed by atoms with E-state index in [1.165, 1.54) is 19.3 Å². The molecule has 0 aliphatic carbocycles. The van der Waals surface area contributed by atoms with Gasteiger partial charge in [-0.1, -0.05) is 27.2 Å². The molecule has 3 nitrogen and oxygen atoms in total. The first-order valence-electron chi connectivity index (χ1n) is 7.35. The molecule has 1 fully saturated rings. The van der Waals surface area contributed by atoms with E-state index in [2.05, 4.69) is 46.6 Å². The van der Waals surface area contributed by atoms with Crippen molar-refractivity contribution in [3.8, 4) is 0 Å². The highest BCUT2D eigenvalue weighted by Gasteiger charge is 2.28. The molecule has 2 rings (SSSR count). The van der Waals surface area contributed by atoms with Gasteiger partial charge in [-0.3, -0.25) is 0 Å². The average Bonchev–Trinajstić information content (AvgIpc) is 2.39. The lowest BCUT2D eigenvalue weighted by Gasteiger charge is -2.39. The lowest BCUT2D eigenvalue weighted by atomic mass is 9.78. The van der Waals surface area contributed by atoms with Gasteiger partial charge < -0.3 is 4.90 Å². The molecule has 1 aliphatic rings. The number of aryl methyl sites for hydroxylation is 1. The van der Waals surface area contributed by atoms with Crippen LogP contribution in [0.3, 0.4) is 0 Å². The van der Waals surface area contributed by atoms with Crippen molar-refractivity contribution in [3.63, 3.8) is 0 Å². The molecular formula is C15H24BrN3. The summed E-state index contributed by atoms with van der Waals surface area (Å²) in [5.41, 5.74) is 0.521. The largest absolute Gasteiger partial charge is 0.356 e. The maximum atomic E-state index is 4.71. The van der Waals surface area contributed by atoms with Gasteiger partial charge in [0.2, 0.25) is 0 Å². The number of anilines is 1. The Bertz CT molecular complexity index is 425. The Kier molecular flexibility index (Phi) is 4.82. The summed E-state index contributed by atoms with van der Waals surface area (Å²) in [5.74, 6) is 2.04. The van der Waals surface area contributed by atoms with Crippen molar-refractivity contribution in [2.24, 2.45) is 5.41 Å². The minimum Gasteiger partial charge on any atom is -0.356 e. The SMILES string of the molecule is CCCc1nc(Br)cc(N2CCC(C)(CC)CC2)n1. The van der Waals surface area contributed by atoms with E-state index in [1.54, 1.807) is 0 Å². The molecule has 0 unspecified atom stereocenters. The van der Waals surface area contributed by atoms with Crippen LogP contribution in [0.1, 0.15) is 52.3 Å². The Labute approximate surface area is 125 Å². The van der Waals surface area contributed by atoms with Crippen LogP contribution in [-0.2, 0) is 6.42 Å². The standard InChI is InChI=1S/C15H24BrN3/c1-4-6-13-17-12(16)11-14(18-13)19-9-7-15(3,5-2)8-10-19/h11H,4-10H2,1-3H3. The molecule has 4 heteroatoms. The van der Waals surface area contributed by atoms with E-state index in [4.69, 9.17) is 4.98 Å². The van der Waals surface area contributed by atoms with Gasteiger partial charge in [0.15, 0.2) is 0 Å². The van der Waals surface area contributed by atoms with Crippen LogP contribution in [0.2, 0.25) is 0 Å². The molecule has 0 aromatic carbocycles. The highest BCUT2D eigenvalue weighted by molar-refractivity contribution is 9.10. The van der Waals surface area contributed by atoms with Gasteiger partial charge in [-0.25, -0.2) is 9.97 Å².